The van der Waals surface area contributed by atoms with Crippen molar-refractivity contribution in [1.82, 2.24) is 4.57 Å². The molecule has 3 heteroatoms. The van der Waals surface area contributed by atoms with Gasteiger partial charge < -0.3 is 13.9 Å². The summed E-state index contributed by atoms with van der Waals surface area (Å²) in [5.41, 5.74) is 17.6. The first kappa shape index (κ1) is 42.7. The summed E-state index contributed by atoms with van der Waals surface area (Å²) in [7, 11) is 0. The predicted octanol–water partition coefficient (Wildman–Crippen LogP) is 20.3. The van der Waals surface area contributed by atoms with Gasteiger partial charge in [0.1, 0.15) is 11.2 Å². The number of anilines is 3. The van der Waals surface area contributed by atoms with Crippen LogP contribution in [0.1, 0.15) is 0 Å². The molecule has 0 unspecified atom stereocenters. The molecule has 0 bridgehead atoms. The molecule has 0 spiro atoms. The summed E-state index contributed by atoms with van der Waals surface area (Å²) in [4.78, 5) is 2.46. The molecule has 75 heavy (non-hydrogen) atoms. The van der Waals surface area contributed by atoms with E-state index in [1.54, 1.807) is 0 Å². The summed E-state index contributed by atoms with van der Waals surface area (Å²) in [5.74, 6) is 0. The van der Waals surface area contributed by atoms with Crippen LogP contribution >= 0.6 is 0 Å². The van der Waals surface area contributed by atoms with E-state index < -0.39 is 0 Å². The molecule has 350 valence electrons. The molecule has 13 aromatic carbocycles. The van der Waals surface area contributed by atoms with E-state index in [1.165, 1.54) is 48.9 Å². The first-order chi connectivity index (χ1) is 37.2. The number of furan rings is 1. The summed E-state index contributed by atoms with van der Waals surface area (Å²) in [5, 5.41) is 12.0. The molecule has 0 aliphatic rings. The van der Waals surface area contributed by atoms with Crippen LogP contribution in [0.2, 0.25) is 0 Å². The summed E-state index contributed by atoms with van der Waals surface area (Å²) >= 11 is 0. The maximum Gasteiger partial charge on any atom is 0.143 e. The van der Waals surface area contributed by atoms with Crippen LogP contribution in [0.3, 0.4) is 0 Å². The molecule has 2 heterocycles. The molecule has 0 saturated heterocycles. The lowest BCUT2D eigenvalue weighted by Gasteiger charge is -2.30. The van der Waals surface area contributed by atoms with Crippen LogP contribution < -0.4 is 4.90 Å². The van der Waals surface area contributed by atoms with Gasteiger partial charge in [0.05, 0.1) is 22.4 Å². The van der Waals surface area contributed by atoms with E-state index in [-0.39, 0.29) is 0 Å². The van der Waals surface area contributed by atoms with Crippen LogP contribution in [-0.4, -0.2) is 4.57 Å². The van der Waals surface area contributed by atoms with Crippen LogP contribution in [0.5, 0.6) is 0 Å². The number of hydrogen-bond acceptors (Lipinski definition) is 2. The number of benzene rings is 13. The minimum absolute atomic E-state index is 0.866. The Kier molecular flexibility index (Phi) is 9.89. The second-order valence-electron chi connectivity index (χ2n) is 19.6. The highest BCUT2D eigenvalue weighted by atomic mass is 16.3. The smallest absolute Gasteiger partial charge is 0.143 e. The van der Waals surface area contributed by atoms with Gasteiger partial charge in [-0.25, -0.2) is 0 Å². The Morgan fingerprint density at radius 3 is 1.64 bits per heavy atom. The third-order valence-corrected chi connectivity index (χ3v) is 15.4. The fraction of sp³-hybridized carbons (Fsp3) is 0. The zero-order valence-corrected chi connectivity index (χ0v) is 40.9. The molecule has 0 radical (unpaired) electrons. The Labute approximate surface area is 434 Å². The van der Waals surface area contributed by atoms with Crippen LogP contribution in [-0.2, 0) is 0 Å². The lowest BCUT2D eigenvalue weighted by Crippen LogP contribution is -2.12. The van der Waals surface area contributed by atoms with Gasteiger partial charge in [0.15, 0.2) is 0 Å². The molecule has 0 fully saturated rings. The Bertz CT molecular complexity index is 4660. The lowest BCUT2D eigenvalue weighted by molar-refractivity contribution is 0.673. The number of para-hydroxylation sites is 3. The van der Waals surface area contributed by atoms with Crippen LogP contribution in [0.25, 0.3) is 126 Å². The van der Waals surface area contributed by atoms with Crippen molar-refractivity contribution >= 4 is 93.1 Å². The molecule has 0 aliphatic heterocycles. The van der Waals surface area contributed by atoms with Gasteiger partial charge in [-0.15, -0.1) is 0 Å². The average molecular weight is 955 g/mol. The topological polar surface area (TPSA) is 21.3 Å². The van der Waals surface area contributed by atoms with Crippen molar-refractivity contribution in [2.24, 2.45) is 0 Å². The van der Waals surface area contributed by atoms with Gasteiger partial charge in [-0.1, -0.05) is 206 Å². The molecule has 2 aromatic heterocycles. The van der Waals surface area contributed by atoms with E-state index in [0.717, 1.165) is 94.4 Å². The van der Waals surface area contributed by atoms with Crippen LogP contribution in [0.15, 0.2) is 283 Å². The maximum absolute atomic E-state index is 6.79. The molecule has 15 aromatic rings. The largest absolute Gasteiger partial charge is 0.455 e. The number of hydrogen-bond donors (Lipinski definition) is 0. The van der Waals surface area contributed by atoms with Gasteiger partial charge in [0.2, 0.25) is 0 Å². The van der Waals surface area contributed by atoms with Gasteiger partial charge in [-0.2, -0.15) is 0 Å². The van der Waals surface area contributed by atoms with Crippen LogP contribution in [0, 0.1) is 0 Å². The SMILES string of the molecule is c1ccc(-c2cc(-c3ccc4ccc5ccccc5c4c3)ccc2N(c2ccc(-c3cccc(-n4c5ccccc5c5ccccc54)c3)cc2)c2ccccc2-c2cccc3oc4c5ccccc5ccc4c23)cc1. The second kappa shape index (κ2) is 17.4. The zero-order chi connectivity index (χ0) is 49.4. The summed E-state index contributed by atoms with van der Waals surface area (Å²) < 4.78 is 9.19. The Hall–Kier alpha value is -9.96. The van der Waals surface area contributed by atoms with Crippen molar-refractivity contribution in [1.29, 1.82) is 0 Å². The van der Waals surface area contributed by atoms with Gasteiger partial charge >= 0.3 is 0 Å². The minimum atomic E-state index is 0.866. The summed E-state index contributed by atoms with van der Waals surface area (Å²) in [6.45, 7) is 0. The normalized spacial score (nSPS) is 11.7. The molecule has 0 N–H and O–H groups in total. The quantitative estimate of drug-likeness (QED) is 0.142. The van der Waals surface area contributed by atoms with Crippen molar-refractivity contribution in [3.8, 4) is 50.2 Å². The molecule has 3 nitrogen and oxygen atoms in total. The van der Waals surface area contributed by atoms with E-state index in [2.05, 4.69) is 289 Å². The number of nitrogens with zero attached hydrogens (tertiary/aromatic N) is 2. The maximum atomic E-state index is 6.79. The van der Waals surface area contributed by atoms with Gasteiger partial charge in [-0.05, 0) is 133 Å². The van der Waals surface area contributed by atoms with Crippen molar-refractivity contribution in [2.75, 3.05) is 4.90 Å². The first-order valence-corrected chi connectivity index (χ1v) is 25.7. The van der Waals surface area contributed by atoms with E-state index in [1.807, 2.05) is 0 Å². The number of aromatic nitrogens is 1. The lowest BCUT2D eigenvalue weighted by atomic mass is 9.93. The second-order valence-corrected chi connectivity index (χ2v) is 19.6. The van der Waals surface area contributed by atoms with E-state index in [4.69, 9.17) is 4.42 Å². The standard InChI is InChI=1S/C72H46N2O/c1-2-16-48(17-3-1)65-46-54(53-35-34-51-33-32-49-18-4-6-22-57(49)64(51)45-53)39-43-69(65)73(68-30-13-10-26-61(68)62-27-15-31-70-71(62)63-42-38-50-19-5-7-23-58(50)72(63)75-70)55-40-36-47(37-41-55)52-20-14-21-56(44-52)74-66-28-11-8-24-59(66)60-25-9-12-29-67(60)74/h1-46H. The zero-order valence-electron chi connectivity index (χ0n) is 40.9. The fourth-order valence-corrected chi connectivity index (χ4v) is 11.9. The first-order valence-electron chi connectivity index (χ1n) is 25.7. The average Bonchev–Trinajstić information content (AvgIpc) is 4.05. The van der Waals surface area contributed by atoms with Crippen LogP contribution in [0.4, 0.5) is 17.1 Å². The highest BCUT2D eigenvalue weighted by molar-refractivity contribution is 6.20. The Balaban J connectivity index is 0.927. The summed E-state index contributed by atoms with van der Waals surface area (Å²) in [6.07, 6.45) is 0. The van der Waals surface area contributed by atoms with Crippen molar-refractivity contribution in [2.45, 2.75) is 0 Å². The molecule has 0 saturated carbocycles. The molecule has 0 atom stereocenters. The number of rotatable bonds is 8. The van der Waals surface area contributed by atoms with Gasteiger partial charge in [-0.3, -0.25) is 0 Å². The minimum Gasteiger partial charge on any atom is -0.455 e. The van der Waals surface area contributed by atoms with E-state index in [0.29, 0.717) is 0 Å². The molecular weight excluding hydrogens is 909 g/mol. The van der Waals surface area contributed by atoms with Crippen molar-refractivity contribution in [3.63, 3.8) is 0 Å². The molecular formula is C72H46N2O. The Morgan fingerprint density at radius 1 is 0.293 bits per heavy atom. The van der Waals surface area contributed by atoms with E-state index in [9.17, 15) is 0 Å². The molecule has 15 rings (SSSR count). The third-order valence-electron chi connectivity index (χ3n) is 15.4. The molecule has 0 aliphatic carbocycles. The van der Waals surface area contributed by atoms with Crippen molar-refractivity contribution in [3.05, 3.63) is 279 Å². The van der Waals surface area contributed by atoms with Gasteiger partial charge in [0, 0.05) is 49.4 Å². The monoisotopic (exact) mass is 954 g/mol. The molecule has 0 amide bonds. The van der Waals surface area contributed by atoms with Gasteiger partial charge in [0.25, 0.3) is 0 Å². The highest BCUT2D eigenvalue weighted by Gasteiger charge is 2.24. The van der Waals surface area contributed by atoms with E-state index >= 15 is 0 Å². The number of fused-ring (bicyclic) bond motifs is 11. The van der Waals surface area contributed by atoms with Crippen molar-refractivity contribution < 1.29 is 4.42 Å². The highest BCUT2D eigenvalue weighted by Crippen LogP contribution is 2.49. The third kappa shape index (κ3) is 7.05. The predicted molar refractivity (Wildman–Crippen MR) is 317 cm³/mol. The Morgan fingerprint density at radius 2 is 0.840 bits per heavy atom. The fourth-order valence-electron chi connectivity index (χ4n) is 11.9. The summed E-state index contributed by atoms with van der Waals surface area (Å²) in [6, 6.07) is 102.